The highest BCUT2D eigenvalue weighted by Crippen LogP contribution is 2.43. The number of ketones is 1. The Bertz CT molecular complexity index is 1520. The van der Waals surface area contributed by atoms with Gasteiger partial charge in [-0.3, -0.25) is 29.3 Å². The highest BCUT2D eigenvalue weighted by atomic mass is 79.9. The zero-order chi connectivity index (χ0) is 30.1. The van der Waals surface area contributed by atoms with Gasteiger partial charge in [-0.05, 0) is 73.5 Å². The van der Waals surface area contributed by atoms with Gasteiger partial charge in [-0.25, -0.2) is 5.01 Å². The lowest BCUT2D eigenvalue weighted by molar-refractivity contribution is -0.384. The molecule has 0 aromatic heterocycles. The Morgan fingerprint density at radius 1 is 0.857 bits per heavy atom. The van der Waals surface area contributed by atoms with E-state index in [1.165, 1.54) is 72.8 Å². The van der Waals surface area contributed by atoms with Gasteiger partial charge in [-0.2, -0.15) is 5.01 Å². The second-order valence-corrected chi connectivity index (χ2v) is 12.7. The van der Waals surface area contributed by atoms with Crippen molar-refractivity contribution in [3.8, 4) is 11.5 Å². The summed E-state index contributed by atoms with van der Waals surface area (Å²) in [4.78, 5) is 64.4. The second-order valence-electron chi connectivity index (χ2n) is 9.87. The summed E-state index contributed by atoms with van der Waals surface area (Å²) in [5.74, 6) is -2.72. The van der Waals surface area contributed by atoms with Gasteiger partial charge >= 0.3 is 0 Å². The van der Waals surface area contributed by atoms with Gasteiger partial charge in [0.25, 0.3) is 23.4 Å². The van der Waals surface area contributed by atoms with Crippen LogP contribution in [0.15, 0.2) is 72.8 Å². The number of amides is 3. The predicted octanol–water partition coefficient (Wildman–Crippen LogP) is 6.20. The van der Waals surface area contributed by atoms with Gasteiger partial charge in [0.15, 0.2) is 5.78 Å². The third-order valence-corrected chi connectivity index (χ3v) is 10.2. The quantitative estimate of drug-likeness (QED) is 0.0892. The number of hydrazine groups is 1. The van der Waals surface area contributed by atoms with Crippen molar-refractivity contribution in [2.75, 3.05) is 6.54 Å². The fourth-order valence-corrected chi connectivity index (χ4v) is 6.36. The van der Waals surface area contributed by atoms with Gasteiger partial charge in [0, 0.05) is 37.9 Å². The molecule has 0 spiro atoms. The number of nitro groups is 1. The molecule has 1 saturated carbocycles. The lowest BCUT2D eigenvalue weighted by atomic mass is 9.81. The van der Waals surface area contributed by atoms with E-state index >= 15 is 0 Å². The van der Waals surface area contributed by atoms with Gasteiger partial charge in [0.2, 0.25) is 0 Å². The molecule has 1 aliphatic carbocycles. The summed E-state index contributed by atoms with van der Waals surface area (Å²) < 4.78 is 5.70. The van der Waals surface area contributed by atoms with E-state index in [4.69, 9.17) is 16.3 Å². The topological polar surface area (TPSA) is 127 Å². The van der Waals surface area contributed by atoms with Crippen molar-refractivity contribution in [2.24, 2.45) is 11.8 Å². The van der Waals surface area contributed by atoms with Crippen molar-refractivity contribution in [3.63, 3.8) is 0 Å². The fourth-order valence-electron chi connectivity index (χ4n) is 5.00. The maximum atomic E-state index is 13.7. The Hall–Kier alpha value is -3.61. The maximum Gasteiger partial charge on any atom is 0.273 e. The number of fused-ring (bicyclic) bond motifs is 1. The normalized spacial score (nSPS) is 21.5. The number of hydrogen-bond donors (Lipinski definition) is 0. The zero-order valence-electron chi connectivity index (χ0n) is 21.7. The Morgan fingerprint density at radius 3 is 1.83 bits per heavy atom. The number of carbonyl (C=O) groups excluding carboxylic acids is 4. The minimum Gasteiger partial charge on any atom is -0.457 e. The second kappa shape index (κ2) is 12.3. The molecule has 0 unspecified atom stereocenters. The number of non-ortho nitro benzene ring substituents is 1. The van der Waals surface area contributed by atoms with E-state index in [0.717, 1.165) is 10.0 Å². The van der Waals surface area contributed by atoms with E-state index in [-0.39, 0.29) is 26.5 Å². The van der Waals surface area contributed by atoms with E-state index in [9.17, 15) is 29.3 Å². The number of imide groups is 1. The Kier molecular flexibility index (Phi) is 8.76. The van der Waals surface area contributed by atoms with Crippen molar-refractivity contribution in [3.05, 3.63) is 99.1 Å². The summed E-state index contributed by atoms with van der Waals surface area (Å²) in [5, 5.41) is 13.0. The first-order valence-corrected chi connectivity index (χ1v) is 15.0. The summed E-state index contributed by atoms with van der Waals surface area (Å²) >= 11 is 13.1. The highest BCUT2D eigenvalue weighted by molar-refractivity contribution is 9.12. The molecule has 2 fully saturated rings. The van der Waals surface area contributed by atoms with Crippen LogP contribution in [0.1, 0.15) is 33.6 Å². The SMILES string of the molecule is O=C(CN(C(=O)c1ccc(Cl)cc1)N1C(=O)[C@@H]2C[C@H](Br)[C@@H](Br)C[C@H]2C1=O)c1ccc(Oc2ccc([N+](=O)[O-])cc2)cc1. The maximum absolute atomic E-state index is 13.7. The largest absolute Gasteiger partial charge is 0.457 e. The molecule has 3 aromatic carbocycles. The lowest BCUT2D eigenvalue weighted by Crippen LogP contribution is -2.52. The first-order valence-electron chi connectivity index (χ1n) is 12.8. The summed E-state index contributed by atoms with van der Waals surface area (Å²) in [5.41, 5.74) is 0.304. The number of nitro benzene ring substituents is 1. The highest BCUT2D eigenvalue weighted by Gasteiger charge is 2.54. The fraction of sp³-hybridized carbons (Fsp3) is 0.241. The molecule has 4 atom stereocenters. The monoisotopic (exact) mass is 717 g/mol. The summed E-state index contributed by atoms with van der Waals surface area (Å²) in [6.45, 7) is -0.559. The van der Waals surface area contributed by atoms with Crippen molar-refractivity contribution >= 4 is 72.7 Å². The molecule has 1 aliphatic heterocycles. The molecule has 13 heteroatoms. The van der Waals surface area contributed by atoms with Crippen molar-refractivity contribution in [1.82, 2.24) is 10.0 Å². The number of halogens is 3. The van der Waals surface area contributed by atoms with E-state index < -0.39 is 46.8 Å². The molecule has 10 nitrogen and oxygen atoms in total. The zero-order valence-corrected chi connectivity index (χ0v) is 25.6. The predicted molar refractivity (Wildman–Crippen MR) is 160 cm³/mol. The molecule has 0 N–H and O–H groups in total. The van der Waals surface area contributed by atoms with E-state index in [2.05, 4.69) is 31.9 Å². The Balaban J connectivity index is 1.38. The molecule has 3 amide bonds. The van der Waals surface area contributed by atoms with Crippen LogP contribution in [-0.4, -0.2) is 54.6 Å². The van der Waals surface area contributed by atoms with E-state index in [0.29, 0.717) is 29.4 Å². The van der Waals surface area contributed by atoms with Gasteiger partial charge in [0.1, 0.15) is 18.0 Å². The molecule has 1 saturated heterocycles. The van der Waals surface area contributed by atoms with Gasteiger partial charge in [-0.15, -0.1) is 0 Å². The summed E-state index contributed by atoms with van der Waals surface area (Å²) in [7, 11) is 0. The molecule has 0 radical (unpaired) electrons. The standard InChI is InChI=1S/C29H22Br2ClN3O7/c30-24-13-22-23(14-25(24)31)29(39)34(28(22)38)33(27(37)17-1-5-18(32)6-2-17)15-26(36)16-3-9-20(10-4-16)42-21-11-7-19(8-12-21)35(40)41/h1-12,22-25H,13-15H2/t22-,23-,24+,25+/m1/s1. The molecule has 42 heavy (non-hydrogen) atoms. The van der Waals surface area contributed by atoms with Crippen molar-refractivity contribution in [2.45, 2.75) is 22.5 Å². The summed E-state index contributed by atoms with van der Waals surface area (Å²) in [6.07, 6.45) is 0.823. The van der Waals surface area contributed by atoms with E-state index in [1.54, 1.807) is 0 Å². The molecular formula is C29H22Br2ClN3O7. The number of benzene rings is 3. The van der Waals surface area contributed by atoms with Crippen molar-refractivity contribution in [1.29, 1.82) is 0 Å². The van der Waals surface area contributed by atoms with E-state index in [1.807, 2.05) is 0 Å². The van der Waals surface area contributed by atoms with Crippen LogP contribution in [0.3, 0.4) is 0 Å². The summed E-state index contributed by atoms with van der Waals surface area (Å²) in [6, 6.07) is 17.5. The third kappa shape index (κ3) is 6.11. The molecule has 2 aliphatic rings. The average molecular weight is 720 g/mol. The molecular weight excluding hydrogens is 698 g/mol. The van der Waals surface area contributed by atoms with Gasteiger partial charge in [0.05, 0.1) is 16.8 Å². The smallest absolute Gasteiger partial charge is 0.273 e. The van der Waals surface area contributed by atoms with Gasteiger partial charge < -0.3 is 4.74 Å². The van der Waals surface area contributed by atoms with Gasteiger partial charge in [-0.1, -0.05) is 43.5 Å². The third-order valence-electron chi connectivity index (χ3n) is 7.21. The number of Topliss-reactive ketones (excluding diaryl/α,β-unsaturated/α-hetero) is 1. The molecule has 3 aromatic rings. The number of alkyl halides is 2. The van der Waals surface area contributed by atoms with Crippen LogP contribution in [0.25, 0.3) is 0 Å². The minimum atomic E-state index is -0.690. The van der Waals surface area contributed by atoms with Crippen LogP contribution in [0.5, 0.6) is 11.5 Å². The van der Waals surface area contributed by atoms with Crippen LogP contribution >= 0.6 is 43.5 Å². The molecule has 0 bridgehead atoms. The minimum absolute atomic E-state index is 0.0239. The molecule has 1 heterocycles. The Morgan fingerprint density at radius 2 is 1.33 bits per heavy atom. The first-order chi connectivity index (χ1) is 20.0. The van der Waals surface area contributed by atoms with Crippen LogP contribution in [-0.2, 0) is 9.59 Å². The average Bonchev–Trinajstić information content (AvgIpc) is 3.20. The van der Waals surface area contributed by atoms with Crippen molar-refractivity contribution < 1.29 is 28.8 Å². The Labute approximate surface area is 261 Å². The number of ether oxygens (including phenoxy) is 1. The lowest BCUT2D eigenvalue weighted by Gasteiger charge is -2.30. The van der Waals surface area contributed by atoms with Crippen LogP contribution < -0.4 is 4.74 Å². The number of carbonyl (C=O) groups is 4. The van der Waals surface area contributed by atoms with Crippen LogP contribution in [0.2, 0.25) is 5.02 Å². The number of nitrogens with zero attached hydrogens (tertiary/aromatic N) is 3. The first kappa shape index (κ1) is 29.9. The van der Waals surface area contributed by atoms with Crippen LogP contribution in [0.4, 0.5) is 5.69 Å². The number of hydrogen-bond acceptors (Lipinski definition) is 7. The molecule has 5 rings (SSSR count). The van der Waals surface area contributed by atoms with Crippen LogP contribution in [0, 0.1) is 22.0 Å². The number of rotatable bonds is 8. The molecule has 216 valence electrons.